The van der Waals surface area contributed by atoms with Gasteiger partial charge in [-0.3, -0.25) is 4.79 Å². The van der Waals surface area contributed by atoms with Gasteiger partial charge in [0.2, 0.25) is 0 Å². The highest BCUT2D eigenvalue weighted by atomic mass is 16.6. The van der Waals surface area contributed by atoms with E-state index < -0.39 is 11.6 Å². The monoisotopic (exact) mass is 454 g/mol. The summed E-state index contributed by atoms with van der Waals surface area (Å²) in [5.41, 5.74) is -1.02. The highest BCUT2D eigenvalue weighted by Gasteiger charge is 2.53. The molecular weight excluding hydrogens is 422 g/mol. The fraction of sp³-hybridized carbons (Fsp3) is 0.560. The topological polar surface area (TPSA) is 102 Å². The van der Waals surface area contributed by atoms with Crippen LogP contribution in [-0.4, -0.2) is 58.9 Å². The predicted molar refractivity (Wildman–Crippen MR) is 120 cm³/mol. The summed E-state index contributed by atoms with van der Waals surface area (Å²) in [6.07, 6.45) is 6.59. The SMILES string of the molecule is O=C(C[N+]12CCC(CC1)[C@@H](OC(=O)[C@@](O)(c1ccccc1)C1CCCC1)C2)Nc1ccon1. The Morgan fingerprint density at radius 3 is 2.52 bits per heavy atom. The fourth-order valence-corrected chi connectivity index (χ4v) is 6.12. The van der Waals surface area contributed by atoms with Crippen molar-refractivity contribution < 1.29 is 28.4 Å². The van der Waals surface area contributed by atoms with Crippen LogP contribution in [-0.2, 0) is 19.9 Å². The van der Waals surface area contributed by atoms with E-state index in [1.807, 2.05) is 30.3 Å². The maximum atomic E-state index is 13.6. The van der Waals surface area contributed by atoms with E-state index in [1.165, 1.54) is 6.26 Å². The van der Waals surface area contributed by atoms with Gasteiger partial charge in [-0.15, -0.1) is 0 Å². The number of carbonyl (C=O) groups is 2. The maximum Gasteiger partial charge on any atom is 0.343 e. The van der Waals surface area contributed by atoms with Crippen LogP contribution >= 0.6 is 0 Å². The fourth-order valence-electron chi connectivity index (χ4n) is 6.12. The van der Waals surface area contributed by atoms with Gasteiger partial charge in [-0.05, 0) is 18.4 Å². The molecule has 6 rings (SSSR count). The Balaban J connectivity index is 1.31. The van der Waals surface area contributed by atoms with E-state index in [9.17, 15) is 14.7 Å². The number of aliphatic hydroxyl groups is 1. The normalized spacial score (nSPS) is 28.9. The number of nitrogens with one attached hydrogen (secondary N) is 1. The first kappa shape index (κ1) is 22.1. The maximum absolute atomic E-state index is 13.6. The number of quaternary nitrogens is 1. The molecule has 1 aromatic carbocycles. The Bertz CT molecular complexity index is 965. The quantitative estimate of drug-likeness (QED) is 0.493. The molecule has 1 saturated carbocycles. The van der Waals surface area contributed by atoms with Crippen molar-refractivity contribution in [2.45, 2.75) is 50.2 Å². The molecule has 4 heterocycles. The number of hydrogen-bond donors (Lipinski definition) is 2. The lowest BCUT2D eigenvalue weighted by atomic mass is 9.79. The van der Waals surface area contributed by atoms with Gasteiger partial charge in [0.05, 0.1) is 13.1 Å². The average molecular weight is 455 g/mol. The molecule has 4 fully saturated rings. The van der Waals surface area contributed by atoms with Crippen LogP contribution < -0.4 is 5.32 Å². The molecule has 1 aromatic heterocycles. The summed E-state index contributed by atoms with van der Waals surface area (Å²) in [6, 6.07) is 10.8. The van der Waals surface area contributed by atoms with E-state index in [1.54, 1.807) is 6.07 Å². The van der Waals surface area contributed by atoms with E-state index in [0.29, 0.717) is 29.0 Å². The molecule has 176 valence electrons. The molecule has 8 heteroatoms. The number of aromatic nitrogens is 1. The number of hydrogen-bond acceptors (Lipinski definition) is 6. The molecule has 2 N–H and O–H groups in total. The first-order valence-corrected chi connectivity index (χ1v) is 12.0. The average Bonchev–Trinajstić information content (AvgIpc) is 3.54. The minimum Gasteiger partial charge on any atom is -0.454 e. The van der Waals surface area contributed by atoms with Gasteiger partial charge in [0.25, 0.3) is 5.91 Å². The molecule has 2 atom stereocenters. The lowest BCUT2D eigenvalue weighted by Gasteiger charge is -2.51. The van der Waals surface area contributed by atoms with Crippen LogP contribution in [0.25, 0.3) is 0 Å². The summed E-state index contributed by atoms with van der Waals surface area (Å²) in [7, 11) is 0. The summed E-state index contributed by atoms with van der Waals surface area (Å²) in [5, 5.41) is 18.3. The van der Waals surface area contributed by atoms with E-state index in [0.717, 1.165) is 51.6 Å². The van der Waals surface area contributed by atoms with Crippen LogP contribution in [0.5, 0.6) is 0 Å². The third-order valence-corrected chi connectivity index (χ3v) is 7.96. The van der Waals surface area contributed by atoms with Crippen LogP contribution in [0.1, 0.15) is 44.1 Å². The summed E-state index contributed by atoms with van der Waals surface area (Å²) >= 11 is 0. The second-order valence-electron chi connectivity index (χ2n) is 9.96. The number of carbonyl (C=O) groups excluding carboxylic acids is 2. The predicted octanol–water partition coefficient (Wildman–Crippen LogP) is 2.84. The van der Waals surface area contributed by atoms with Crippen LogP contribution in [0, 0.1) is 11.8 Å². The summed E-state index contributed by atoms with van der Waals surface area (Å²) < 4.78 is 11.5. The van der Waals surface area contributed by atoms with Crippen LogP contribution in [0.2, 0.25) is 0 Å². The zero-order valence-electron chi connectivity index (χ0n) is 18.8. The lowest BCUT2D eigenvalue weighted by Crippen LogP contribution is -2.66. The highest BCUT2D eigenvalue weighted by molar-refractivity contribution is 5.90. The molecule has 0 radical (unpaired) electrons. The Hall–Kier alpha value is -2.71. The van der Waals surface area contributed by atoms with Crippen molar-refractivity contribution in [3.8, 4) is 0 Å². The van der Waals surface area contributed by atoms with Crippen molar-refractivity contribution >= 4 is 17.7 Å². The van der Waals surface area contributed by atoms with Gasteiger partial charge in [0, 0.05) is 30.7 Å². The smallest absolute Gasteiger partial charge is 0.343 e. The molecule has 4 aliphatic rings. The first-order valence-electron chi connectivity index (χ1n) is 12.0. The van der Waals surface area contributed by atoms with Gasteiger partial charge in [0.1, 0.15) is 12.8 Å². The molecule has 3 saturated heterocycles. The Labute approximate surface area is 193 Å². The molecule has 1 aliphatic carbocycles. The van der Waals surface area contributed by atoms with E-state index in [4.69, 9.17) is 9.26 Å². The van der Waals surface area contributed by atoms with E-state index >= 15 is 0 Å². The number of piperidine rings is 3. The van der Waals surface area contributed by atoms with Crippen LogP contribution in [0.15, 0.2) is 47.2 Å². The molecule has 2 bridgehead atoms. The second-order valence-corrected chi connectivity index (χ2v) is 9.96. The van der Waals surface area contributed by atoms with Crippen molar-refractivity contribution in [2.24, 2.45) is 11.8 Å². The highest BCUT2D eigenvalue weighted by Crippen LogP contribution is 2.43. The van der Waals surface area contributed by atoms with Crippen molar-refractivity contribution in [3.05, 3.63) is 48.2 Å². The largest absolute Gasteiger partial charge is 0.454 e. The molecule has 8 nitrogen and oxygen atoms in total. The molecule has 3 aliphatic heterocycles. The van der Waals surface area contributed by atoms with Crippen molar-refractivity contribution in [1.29, 1.82) is 0 Å². The van der Waals surface area contributed by atoms with Gasteiger partial charge < -0.3 is 24.2 Å². The number of ether oxygens (including phenoxy) is 1. The number of nitrogens with zero attached hydrogens (tertiary/aromatic N) is 2. The summed E-state index contributed by atoms with van der Waals surface area (Å²) in [6.45, 7) is 2.67. The van der Waals surface area contributed by atoms with Gasteiger partial charge in [-0.25, -0.2) is 4.79 Å². The van der Waals surface area contributed by atoms with Gasteiger partial charge >= 0.3 is 5.97 Å². The minimum absolute atomic E-state index is 0.124. The third kappa shape index (κ3) is 4.29. The van der Waals surface area contributed by atoms with Gasteiger partial charge in [0.15, 0.2) is 24.1 Å². The Morgan fingerprint density at radius 2 is 1.85 bits per heavy atom. The molecule has 0 spiro atoms. The number of fused-ring (bicyclic) bond motifs is 3. The number of esters is 1. The van der Waals surface area contributed by atoms with Gasteiger partial charge in [-0.1, -0.05) is 48.3 Å². The summed E-state index contributed by atoms with van der Waals surface area (Å²) in [5.74, 6) is -0.121. The third-order valence-electron chi connectivity index (χ3n) is 7.96. The molecular formula is C25H32N3O5+. The van der Waals surface area contributed by atoms with Crippen LogP contribution in [0.3, 0.4) is 0 Å². The standard InChI is InChI=1S/C25H31N3O5/c29-23(26-22-12-15-32-27-22)17-28-13-10-18(11-14-28)21(16-28)33-24(30)25(31,20-8-4-5-9-20)19-6-2-1-3-7-19/h1-3,6-7,12,15,18,20-21,31H,4-5,8-11,13-14,16-17H2/p+1/t18?,21-,25+,28?/m0/s1. The van der Waals surface area contributed by atoms with Gasteiger partial charge in [-0.2, -0.15) is 0 Å². The first-order chi connectivity index (χ1) is 16.0. The van der Waals surface area contributed by atoms with E-state index in [2.05, 4.69) is 10.5 Å². The zero-order valence-corrected chi connectivity index (χ0v) is 18.8. The second kappa shape index (κ2) is 8.91. The number of amides is 1. The minimum atomic E-state index is -1.63. The lowest BCUT2D eigenvalue weighted by molar-refractivity contribution is -0.939. The Morgan fingerprint density at radius 1 is 1.12 bits per heavy atom. The van der Waals surface area contributed by atoms with Crippen molar-refractivity contribution in [1.82, 2.24) is 5.16 Å². The van der Waals surface area contributed by atoms with E-state index in [-0.39, 0.29) is 23.8 Å². The van der Waals surface area contributed by atoms with Crippen LogP contribution in [0.4, 0.5) is 5.82 Å². The molecule has 0 unspecified atom stereocenters. The molecule has 2 aromatic rings. The summed E-state index contributed by atoms with van der Waals surface area (Å²) in [4.78, 5) is 26.2. The number of rotatable bonds is 7. The van der Waals surface area contributed by atoms with Crippen molar-refractivity contribution in [2.75, 3.05) is 31.5 Å². The number of benzene rings is 1. The molecule has 1 amide bonds. The van der Waals surface area contributed by atoms with Crippen molar-refractivity contribution in [3.63, 3.8) is 0 Å². The molecule has 33 heavy (non-hydrogen) atoms. The zero-order chi connectivity index (χ0) is 22.9. The Kier molecular flexibility index (Phi) is 5.97. The number of anilines is 1.